The largest absolute Gasteiger partial charge is 0.312 e. The molecular formula is C13H19NO2S. The van der Waals surface area contributed by atoms with Crippen molar-refractivity contribution >= 4 is 9.84 Å². The molecule has 1 aliphatic rings. The Morgan fingerprint density at radius 2 is 2.00 bits per heavy atom. The summed E-state index contributed by atoms with van der Waals surface area (Å²) in [5.74, 6) is 0. The van der Waals surface area contributed by atoms with Crippen LogP contribution in [0.2, 0.25) is 0 Å². The molecule has 2 unspecified atom stereocenters. The van der Waals surface area contributed by atoms with Crippen LogP contribution in [0.15, 0.2) is 24.3 Å². The van der Waals surface area contributed by atoms with E-state index in [-0.39, 0.29) is 11.3 Å². The van der Waals surface area contributed by atoms with E-state index in [1.54, 1.807) is 0 Å². The van der Waals surface area contributed by atoms with E-state index in [1.807, 2.05) is 25.2 Å². The van der Waals surface area contributed by atoms with Crippen molar-refractivity contribution in [2.45, 2.75) is 30.6 Å². The van der Waals surface area contributed by atoms with Crippen LogP contribution in [0.3, 0.4) is 0 Å². The van der Waals surface area contributed by atoms with Crippen molar-refractivity contribution in [2.75, 3.05) is 13.3 Å². The highest BCUT2D eigenvalue weighted by molar-refractivity contribution is 7.91. The number of sulfone groups is 1. The Morgan fingerprint density at radius 1 is 1.29 bits per heavy atom. The molecule has 2 rings (SSSR count). The van der Waals surface area contributed by atoms with Gasteiger partial charge in [-0.05, 0) is 37.4 Å². The van der Waals surface area contributed by atoms with E-state index in [4.69, 9.17) is 0 Å². The fraction of sp³-hybridized carbons (Fsp3) is 0.538. The minimum Gasteiger partial charge on any atom is -0.312 e. The molecule has 1 aromatic carbocycles. The zero-order chi connectivity index (χ0) is 12.5. The van der Waals surface area contributed by atoms with Crippen LogP contribution in [0.25, 0.3) is 0 Å². The number of fused-ring (bicyclic) bond motifs is 1. The van der Waals surface area contributed by atoms with Gasteiger partial charge in [0.05, 0.1) is 5.25 Å². The molecule has 4 heteroatoms. The molecule has 0 saturated carbocycles. The van der Waals surface area contributed by atoms with E-state index < -0.39 is 9.84 Å². The number of benzene rings is 1. The number of hydrogen-bond acceptors (Lipinski definition) is 3. The molecule has 0 saturated heterocycles. The van der Waals surface area contributed by atoms with Gasteiger partial charge < -0.3 is 5.32 Å². The van der Waals surface area contributed by atoms with Crippen LogP contribution >= 0.6 is 0 Å². The number of rotatable bonds is 2. The number of aryl methyl sites for hydroxylation is 1. The molecule has 1 aliphatic carbocycles. The predicted molar refractivity (Wildman–Crippen MR) is 69.8 cm³/mol. The Balaban J connectivity index is 2.49. The van der Waals surface area contributed by atoms with Gasteiger partial charge in [-0.15, -0.1) is 0 Å². The molecule has 0 bridgehead atoms. The molecule has 1 aromatic rings. The molecular weight excluding hydrogens is 234 g/mol. The summed E-state index contributed by atoms with van der Waals surface area (Å²) in [7, 11) is -1.18. The van der Waals surface area contributed by atoms with Gasteiger partial charge in [-0.25, -0.2) is 8.42 Å². The average molecular weight is 253 g/mol. The third kappa shape index (κ3) is 2.53. The van der Waals surface area contributed by atoms with Crippen molar-refractivity contribution in [1.29, 1.82) is 0 Å². The van der Waals surface area contributed by atoms with Crippen LogP contribution in [0.4, 0.5) is 0 Å². The minimum absolute atomic E-state index is 0.0799. The maximum atomic E-state index is 11.9. The molecule has 0 amide bonds. The first-order valence-corrected chi connectivity index (χ1v) is 7.93. The van der Waals surface area contributed by atoms with Crippen molar-refractivity contribution in [1.82, 2.24) is 5.32 Å². The second kappa shape index (κ2) is 4.78. The summed E-state index contributed by atoms with van der Waals surface area (Å²) in [5, 5.41) is 2.87. The van der Waals surface area contributed by atoms with Crippen molar-refractivity contribution in [3.8, 4) is 0 Å². The molecule has 2 atom stereocenters. The zero-order valence-electron chi connectivity index (χ0n) is 10.3. The van der Waals surface area contributed by atoms with Gasteiger partial charge in [0.15, 0.2) is 9.84 Å². The van der Waals surface area contributed by atoms with Crippen LogP contribution in [0.5, 0.6) is 0 Å². The van der Waals surface area contributed by atoms with Gasteiger partial charge in [-0.1, -0.05) is 24.3 Å². The molecule has 1 N–H and O–H groups in total. The van der Waals surface area contributed by atoms with Crippen LogP contribution in [0.1, 0.15) is 30.0 Å². The first-order valence-electron chi connectivity index (χ1n) is 5.98. The smallest absolute Gasteiger partial charge is 0.152 e. The lowest BCUT2D eigenvalue weighted by Gasteiger charge is -2.24. The molecule has 0 radical (unpaired) electrons. The standard InChI is InChI=1S/C13H19NO2S/c1-14-13-11-8-4-3-6-10(11)7-5-9-12(13)17(2,15)16/h3-4,6,8,12-14H,5,7,9H2,1-2H3. The SMILES string of the molecule is CNC1c2ccccc2CCCC1S(C)(=O)=O. The van der Waals surface area contributed by atoms with Gasteiger partial charge in [-0.3, -0.25) is 0 Å². The molecule has 0 spiro atoms. The van der Waals surface area contributed by atoms with E-state index in [0.29, 0.717) is 0 Å². The molecule has 0 aromatic heterocycles. The summed E-state index contributed by atoms with van der Waals surface area (Å²) in [6.07, 6.45) is 3.99. The molecule has 94 valence electrons. The highest BCUT2D eigenvalue weighted by Crippen LogP contribution is 2.32. The lowest BCUT2D eigenvalue weighted by molar-refractivity contribution is 0.504. The molecule has 17 heavy (non-hydrogen) atoms. The highest BCUT2D eigenvalue weighted by atomic mass is 32.2. The van der Waals surface area contributed by atoms with Gasteiger partial charge >= 0.3 is 0 Å². The highest BCUT2D eigenvalue weighted by Gasteiger charge is 2.33. The molecule has 0 aliphatic heterocycles. The monoisotopic (exact) mass is 253 g/mol. The second-order valence-corrected chi connectivity index (χ2v) is 6.99. The van der Waals surface area contributed by atoms with Crippen molar-refractivity contribution < 1.29 is 8.42 Å². The summed E-state index contributed by atoms with van der Waals surface area (Å²) in [6.45, 7) is 0. The van der Waals surface area contributed by atoms with Crippen molar-refractivity contribution in [3.05, 3.63) is 35.4 Å². The van der Waals surface area contributed by atoms with E-state index in [2.05, 4.69) is 11.4 Å². The molecule has 0 heterocycles. The third-order valence-corrected chi connectivity index (χ3v) is 5.17. The normalized spacial score (nSPS) is 25.1. The first kappa shape index (κ1) is 12.6. The summed E-state index contributed by atoms with van der Waals surface area (Å²) in [5.41, 5.74) is 2.42. The van der Waals surface area contributed by atoms with Crippen molar-refractivity contribution in [3.63, 3.8) is 0 Å². The summed E-state index contributed by atoms with van der Waals surface area (Å²) in [4.78, 5) is 0. The maximum absolute atomic E-state index is 11.9. The Bertz CT molecular complexity index is 496. The fourth-order valence-electron chi connectivity index (χ4n) is 2.73. The fourth-order valence-corrected chi connectivity index (χ4v) is 4.10. The van der Waals surface area contributed by atoms with Gasteiger partial charge in [-0.2, -0.15) is 0 Å². The minimum atomic E-state index is -3.02. The quantitative estimate of drug-likeness (QED) is 0.816. The Labute approximate surface area is 103 Å². The second-order valence-electron chi connectivity index (χ2n) is 4.73. The van der Waals surface area contributed by atoms with Crippen LogP contribution in [-0.4, -0.2) is 27.0 Å². The van der Waals surface area contributed by atoms with Gasteiger partial charge in [0.1, 0.15) is 0 Å². The Kier molecular flexibility index (Phi) is 3.54. The van der Waals surface area contributed by atoms with Gasteiger partial charge in [0, 0.05) is 12.3 Å². The van der Waals surface area contributed by atoms with E-state index in [0.717, 1.165) is 24.8 Å². The first-order chi connectivity index (χ1) is 8.04. The summed E-state index contributed by atoms with van der Waals surface area (Å²) in [6, 6.07) is 8.06. The van der Waals surface area contributed by atoms with E-state index in [1.165, 1.54) is 11.8 Å². The zero-order valence-corrected chi connectivity index (χ0v) is 11.1. The summed E-state index contributed by atoms with van der Waals surface area (Å²) < 4.78 is 23.8. The van der Waals surface area contributed by atoms with E-state index in [9.17, 15) is 8.42 Å². The lowest BCUT2D eigenvalue weighted by atomic mass is 9.99. The van der Waals surface area contributed by atoms with Gasteiger partial charge in [0.25, 0.3) is 0 Å². The lowest BCUT2D eigenvalue weighted by Crippen LogP contribution is -2.34. The average Bonchev–Trinajstić information content (AvgIpc) is 2.46. The van der Waals surface area contributed by atoms with Crippen molar-refractivity contribution in [2.24, 2.45) is 0 Å². The molecule has 3 nitrogen and oxygen atoms in total. The van der Waals surface area contributed by atoms with E-state index >= 15 is 0 Å². The van der Waals surface area contributed by atoms with Gasteiger partial charge in [0.2, 0.25) is 0 Å². The third-order valence-electron chi connectivity index (χ3n) is 3.56. The van der Waals surface area contributed by atoms with Crippen LogP contribution in [-0.2, 0) is 16.3 Å². The van der Waals surface area contributed by atoms with Crippen LogP contribution < -0.4 is 5.32 Å². The Hall–Kier alpha value is -0.870. The predicted octanol–water partition coefficient (Wildman–Crippen LogP) is 1.70. The maximum Gasteiger partial charge on any atom is 0.152 e. The number of hydrogen-bond donors (Lipinski definition) is 1. The number of nitrogens with one attached hydrogen (secondary N) is 1. The topological polar surface area (TPSA) is 46.2 Å². The Morgan fingerprint density at radius 3 is 2.65 bits per heavy atom. The summed E-state index contributed by atoms with van der Waals surface area (Å²) >= 11 is 0. The van der Waals surface area contributed by atoms with Crippen LogP contribution in [0, 0.1) is 0 Å². The molecule has 0 fully saturated rings.